The number of carbonyl (C=O) groups is 3. The minimum Gasteiger partial charge on any atom is -0.441 e. The van der Waals surface area contributed by atoms with E-state index < -0.39 is 36.3 Å². The number of benzene rings is 1. The fraction of sp³-hybridized carbons (Fsp3) is 0.310. The minimum atomic E-state index is -0.659. The molecule has 1 N–H and O–H groups in total. The number of thiophene rings is 2. The topological polar surface area (TPSA) is 109 Å². The predicted molar refractivity (Wildman–Crippen MR) is 154 cm³/mol. The van der Waals surface area contributed by atoms with Gasteiger partial charge in [-0.3, -0.25) is 19.6 Å². The van der Waals surface area contributed by atoms with Gasteiger partial charge in [-0.2, -0.15) is 5.10 Å². The number of carbonyl (C=O) groups excluding carboxylic acids is 3. The summed E-state index contributed by atoms with van der Waals surface area (Å²) in [4.78, 5) is 38.1. The van der Waals surface area contributed by atoms with Crippen molar-refractivity contribution in [1.29, 1.82) is 0 Å². The molecule has 3 heterocycles. The number of hydrogen-bond donors (Lipinski definition) is 1. The van der Waals surface area contributed by atoms with Crippen molar-refractivity contribution in [2.75, 3.05) is 12.1 Å². The Bertz CT molecular complexity index is 1550. The lowest BCUT2D eigenvalue weighted by molar-refractivity contribution is -0.172. The van der Waals surface area contributed by atoms with Gasteiger partial charge in [0, 0.05) is 21.3 Å². The zero-order valence-corrected chi connectivity index (χ0v) is 24.4. The van der Waals surface area contributed by atoms with Crippen LogP contribution in [-0.4, -0.2) is 34.6 Å². The van der Waals surface area contributed by atoms with Crippen LogP contribution in [0.25, 0.3) is 9.40 Å². The summed E-state index contributed by atoms with van der Waals surface area (Å²) in [6, 6.07) is 13.4. The van der Waals surface area contributed by atoms with Crippen molar-refractivity contribution >= 4 is 55.9 Å². The molecular formula is C29H29N3O6S2. The molecule has 1 aromatic carbocycles. The van der Waals surface area contributed by atoms with E-state index in [2.05, 4.69) is 22.3 Å². The van der Waals surface area contributed by atoms with Crippen LogP contribution in [0, 0.1) is 17.3 Å². The third-order valence-corrected chi connectivity index (χ3v) is 7.84. The van der Waals surface area contributed by atoms with Crippen LogP contribution < -0.4 is 5.32 Å². The molecule has 11 heteroatoms. The van der Waals surface area contributed by atoms with Crippen LogP contribution in [0.15, 0.2) is 48.7 Å². The van der Waals surface area contributed by atoms with Gasteiger partial charge in [-0.25, -0.2) is 4.79 Å². The summed E-state index contributed by atoms with van der Waals surface area (Å²) in [7, 11) is 1.71. The molecule has 3 aromatic heterocycles. The van der Waals surface area contributed by atoms with Gasteiger partial charge in [0.25, 0.3) is 0 Å². The first-order valence-electron chi connectivity index (χ1n) is 12.4. The van der Waals surface area contributed by atoms with Crippen molar-refractivity contribution < 1.29 is 28.6 Å². The summed E-state index contributed by atoms with van der Waals surface area (Å²) in [6.45, 7) is 6.59. The van der Waals surface area contributed by atoms with E-state index >= 15 is 0 Å². The summed E-state index contributed by atoms with van der Waals surface area (Å²) in [5.74, 6) is 5.74. The second-order valence-electron chi connectivity index (χ2n) is 9.91. The molecule has 1 amide bonds. The highest BCUT2D eigenvalue weighted by atomic mass is 32.1. The first-order chi connectivity index (χ1) is 19.0. The van der Waals surface area contributed by atoms with Gasteiger partial charge in [-0.15, -0.1) is 22.7 Å². The molecule has 0 fully saturated rings. The average Bonchev–Trinajstić information content (AvgIpc) is 3.55. The first-order valence-corrected chi connectivity index (χ1v) is 14.0. The average molecular weight is 580 g/mol. The fourth-order valence-corrected chi connectivity index (χ4v) is 5.74. The highest BCUT2D eigenvalue weighted by molar-refractivity contribution is 7.28. The van der Waals surface area contributed by atoms with Crippen LogP contribution in [0.4, 0.5) is 10.6 Å². The lowest BCUT2D eigenvalue weighted by Crippen LogP contribution is -2.25. The molecule has 9 nitrogen and oxygen atoms in total. The maximum absolute atomic E-state index is 12.5. The number of esters is 2. The van der Waals surface area contributed by atoms with E-state index in [1.807, 2.05) is 42.5 Å². The maximum atomic E-state index is 12.5. The van der Waals surface area contributed by atoms with Crippen LogP contribution in [-0.2, 0) is 37.3 Å². The molecule has 0 aliphatic rings. The zero-order valence-electron chi connectivity index (χ0n) is 22.8. The number of ether oxygens (including phenoxy) is 3. The van der Waals surface area contributed by atoms with Crippen molar-refractivity contribution in [3.63, 3.8) is 0 Å². The molecule has 0 radical (unpaired) electrons. The lowest BCUT2D eigenvalue weighted by Gasteiger charge is -2.16. The highest BCUT2D eigenvalue weighted by Gasteiger charge is 2.23. The van der Waals surface area contributed by atoms with E-state index in [0.29, 0.717) is 11.4 Å². The summed E-state index contributed by atoms with van der Waals surface area (Å²) in [6.07, 6.45) is 0.657. The Morgan fingerprint density at radius 3 is 2.48 bits per heavy atom. The van der Waals surface area contributed by atoms with Crippen LogP contribution in [0.3, 0.4) is 0 Å². The van der Waals surface area contributed by atoms with Crippen LogP contribution >= 0.6 is 22.7 Å². The number of nitrogens with one attached hydrogen (secondary N) is 1. The van der Waals surface area contributed by atoms with Crippen LogP contribution in [0.2, 0.25) is 0 Å². The third-order valence-electron chi connectivity index (χ3n) is 5.63. The lowest BCUT2D eigenvalue weighted by atomic mass is 9.98. The molecule has 4 rings (SSSR count). The normalized spacial score (nSPS) is 11.8. The number of anilines is 1. The van der Waals surface area contributed by atoms with Gasteiger partial charge in [0.05, 0.1) is 28.5 Å². The zero-order chi connectivity index (χ0) is 28.9. The van der Waals surface area contributed by atoms with E-state index in [1.54, 1.807) is 40.9 Å². The monoisotopic (exact) mass is 579 g/mol. The second kappa shape index (κ2) is 12.4. The van der Waals surface area contributed by atoms with E-state index in [0.717, 1.165) is 24.7 Å². The molecule has 1 atom stereocenters. The smallest absolute Gasteiger partial charge is 0.413 e. The van der Waals surface area contributed by atoms with Gasteiger partial charge < -0.3 is 14.2 Å². The van der Waals surface area contributed by atoms with Crippen molar-refractivity contribution in [3.05, 3.63) is 69.5 Å². The summed E-state index contributed by atoms with van der Waals surface area (Å²) < 4.78 is 19.0. The van der Waals surface area contributed by atoms with Gasteiger partial charge in [-0.1, -0.05) is 42.2 Å². The number of amides is 1. The summed E-state index contributed by atoms with van der Waals surface area (Å²) in [5.41, 5.74) is 0.786. The van der Waals surface area contributed by atoms with Crippen LogP contribution in [0.1, 0.15) is 54.7 Å². The Balaban J connectivity index is 1.35. The number of fused-ring (bicyclic) bond motifs is 1. The Labute approximate surface area is 240 Å². The van der Waals surface area contributed by atoms with Gasteiger partial charge in [0.15, 0.2) is 0 Å². The SMILES string of the molecule is C[C@@H](OC(=O)Nc1c(C#Cc2cc3sc(CC(=O)OCOC(=O)C(C)(C)C)cc3s2)cnn1C)c1ccccc1. The van der Waals surface area contributed by atoms with E-state index in [4.69, 9.17) is 14.2 Å². The fourth-order valence-electron chi connectivity index (χ4n) is 3.48. The Morgan fingerprint density at radius 2 is 1.77 bits per heavy atom. The molecule has 0 unspecified atom stereocenters. The number of hydrogen-bond acceptors (Lipinski definition) is 9. The number of nitrogens with zero attached hydrogens (tertiary/aromatic N) is 2. The van der Waals surface area contributed by atoms with E-state index in [-0.39, 0.29) is 6.42 Å². The minimum absolute atomic E-state index is 0.0872. The molecule has 4 aromatic rings. The van der Waals surface area contributed by atoms with Crippen molar-refractivity contribution in [2.45, 2.75) is 40.2 Å². The van der Waals surface area contributed by atoms with Crippen LogP contribution in [0.5, 0.6) is 0 Å². The first kappa shape index (κ1) is 28.9. The van der Waals surface area contributed by atoms with Gasteiger partial charge in [0.1, 0.15) is 11.9 Å². The van der Waals surface area contributed by atoms with Gasteiger partial charge >= 0.3 is 18.0 Å². The third kappa shape index (κ3) is 7.49. The van der Waals surface area contributed by atoms with Gasteiger partial charge in [0.2, 0.25) is 6.79 Å². The van der Waals surface area contributed by atoms with E-state index in [9.17, 15) is 14.4 Å². The molecule has 0 saturated heterocycles. The summed E-state index contributed by atoms with van der Waals surface area (Å²) >= 11 is 2.97. The molecule has 0 aliphatic carbocycles. The van der Waals surface area contributed by atoms with Gasteiger partial charge in [-0.05, 0) is 45.4 Å². The predicted octanol–water partition coefficient (Wildman–Crippen LogP) is 6.04. The maximum Gasteiger partial charge on any atom is 0.413 e. The number of rotatable bonds is 7. The van der Waals surface area contributed by atoms with Crippen molar-refractivity contribution in [1.82, 2.24) is 9.78 Å². The number of aromatic nitrogens is 2. The largest absolute Gasteiger partial charge is 0.441 e. The molecule has 0 bridgehead atoms. The van der Waals surface area contributed by atoms with Crippen molar-refractivity contribution in [2.24, 2.45) is 12.5 Å². The second-order valence-corrected chi connectivity index (χ2v) is 12.2. The van der Waals surface area contributed by atoms with E-state index in [1.165, 1.54) is 27.4 Å². The molecular weight excluding hydrogens is 550 g/mol. The quantitative estimate of drug-likeness (QED) is 0.162. The molecule has 0 aliphatic heterocycles. The Kier molecular flexibility index (Phi) is 8.92. The molecule has 40 heavy (non-hydrogen) atoms. The Hall–Kier alpha value is -4.14. The molecule has 0 spiro atoms. The molecule has 208 valence electrons. The molecule has 0 saturated carbocycles. The Morgan fingerprint density at radius 1 is 1.05 bits per heavy atom. The highest BCUT2D eigenvalue weighted by Crippen LogP contribution is 2.33. The number of aryl methyl sites for hydroxylation is 1. The summed E-state index contributed by atoms with van der Waals surface area (Å²) in [5, 5.41) is 6.95. The standard InChI is InChI=1S/C29H29N3O6S2/c1-18(19-9-7-6-8-10-19)38-28(35)31-26-20(16-30-32(26)5)11-12-21-13-23-24(39-21)14-22(40-23)15-25(33)36-17-37-27(34)29(2,3)4/h6-10,13-14,16,18H,15,17H2,1-5H3,(H,31,35)/t18-/m1/s1. The van der Waals surface area contributed by atoms with Crippen molar-refractivity contribution in [3.8, 4) is 11.8 Å².